The number of nitrogens with one attached hydrogen (secondary N) is 2. The molecule has 2 heterocycles. The fourth-order valence-corrected chi connectivity index (χ4v) is 4.86. The molecule has 2 aliphatic heterocycles. The van der Waals surface area contributed by atoms with Crippen LogP contribution >= 0.6 is 0 Å². The van der Waals surface area contributed by atoms with Gasteiger partial charge in [-0.3, -0.25) is 14.9 Å². The topological polar surface area (TPSA) is 96.7 Å². The third-order valence-corrected chi connectivity index (χ3v) is 6.27. The van der Waals surface area contributed by atoms with Gasteiger partial charge in [-0.15, -0.1) is 0 Å². The predicted octanol–water partition coefficient (Wildman–Crippen LogP) is 3.53. The highest BCUT2D eigenvalue weighted by atomic mass is 16.6. The predicted molar refractivity (Wildman–Crippen MR) is 119 cm³/mol. The minimum Gasteiger partial charge on any atom is -0.497 e. The third kappa shape index (κ3) is 3.21. The van der Waals surface area contributed by atoms with Crippen LogP contribution in [0.5, 0.6) is 5.75 Å². The van der Waals surface area contributed by atoms with Gasteiger partial charge in [0.25, 0.3) is 5.69 Å². The van der Waals surface area contributed by atoms with Crippen LogP contribution in [-0.4, -0.2) is 24.0 Å². The Morgan fingerprint density at radius 3 is 2.25 bits per heavy atom. The molecule has 2 aliphatic rings. The minimum absolute atomic E-state index is 0.00672. The molecule has 4 atom stereocenters. The number of rotatable bonds is 5. The van der Waals surface area contributed by atoms with E-state index in [0.717, 1.165) is 11.3 Å². The summed E-state index contributed by atoms with van der Waals surface area (Å²) < 4.78 is 5.27. The number of nitrogens with zero attached hydrogens (tertiary/aromatic N) is 2. The zero-order chi connectivity index (χ0) is 22.2. The van der Waals surface area contributed by atoms with E-state index in [4.69, 9.17) is 4.74 Å². The molecular weight excluding hydrogens is 408 g/mol. The molecular formula is C24H22N4O4. The number of hydrogen-bond acceptors (Lipinski definition) is 6. The highest BCUT2D eigenvalue weighted by molar-refractivity contribution is 6.01. The van der Waals surface area contributed by atoms with E-state index < -0.39 is 12.1 Å². The van der Waals surface area contributed by atoms with Crippen molar-refractivity contribution in [2.45, 2.75) is 18.1 Å². The molecule has 3 aromatic rings. The standard InChI is InChI=1S/C24H22N4O4/c1-32-17-13-11-15(12-14-17)21-20-22(26-25-21)24(29)27(16-7-3-2-4-8-16)23(20)18-9-5-6-10-19(18)28(30)31/h2-14,20-23,25-26H,1H3. The number of nitro groups is 1. The first-order chi connectivity index (χ1) is 15.6. The molecule has 162 valence electrons. The SMILES string of the molecule is COc1ccc(C2NNC3C(=O)N(c4ccccc4)C(c4ccccc4[N+](=O)[O-])C32)cc1. The maximum atomic E-state index is 13.6. The van der Waals surface area contributed by atoms with Crippen molar-refractivity contribution in [2.75, 3.05) is 12.0 Å². The van der Waals surface area contributed by atoms with Crippen LogP contribution in [0.4, 0.5) is 11.4 Å². The second-order valence-corrected chi connectivity index (χ2v) is 7.90. The van der Waals surface area contributed by atoms with Gasteiger partial charge in [-0.1, -0.05) is 48.5 Å². The Morgan fingerprint density at radius 2 is 1.56 bits per heavy atom. The number of amides is 1. The van der Waals surface area contributed by atoms with Crippen LogP contribution in [0.25, 0.3) is 0 Å². The van der Waals surface area contributed by atoms with Gasteiger partial charge in [-0.25, -0.2) is 10.9 Å². The Hall–Kier alpha value is -3.75. The van der Waals surface area contributed by atoms with Crippen molar-refractivity contribution in [3.05, 3.63) is 100 Å². The lowest BCUT2D eigenvalue weighted by Gasteiger charge is -2.31. The van der Waals surface area contributed by atoms with Gasteiger partial charge in [-0.2, -0.15) is 0 Å². The molecule has 32 heavy (non-hydrogen) atoms. The van der Waals surface area contributed by atoms with Crippen molar-refractivity contribution in [1.29, 1.82) is 0 Å². The van der Waals surface area contributed by atoms with E-state index in [2.05, 4.69) is 10.9 Å². The van der Waals surface area contributed by atoms with Crippen LogP contribution in [-0.2, 0) is 4.79 Å². The molecule has 5 rings (SSSR count). The number of nitro benzene ring substituents is 1. The summed E-state index contributed by atoms with van der Waals surface area (Å²) >= 11 is 0. The molecule has 0 bridgehead atoms. The number of hydrazine groups is 1. The first-order valence-electron chi connectivity index (χ1n) is 10.4. The average molecular weight is 430 g/mol. The fourth-order valence-electron chi connectivity index (χ4n) is 4.86. The van der Waals surface area contributed by atoms with Crippen LogP contribution in [0.1, 0.15) is 23.2 Å². The van der Waals surface area contributed by atoms with Gasteiger partial charge in [0.15, 0.2) is 0 Å². The molecule has 8 heteroatoms. The maximum absolute atomic E-state index is 13.6. The van der Waals surface area contributed by atoms with Crippen molar-refractivity contribution in [2.24, 2.45) is 5.92 Å². The summed E-state index contributed by atoms with van der Waals surface area (Å²) in [6, 6.07) is 22.4. The summed E-state index contributed by atoms with van der Waals surface area (Å²) in [5.41, 5.74) is 8.62. The Morgan fingerprint density at radius 1 is 0.906 bits per heavy atom. The number of benzene rings is 3. The molecule has 3 aromatic carbocycles. The lowest BCUT2D eigenvalue weighted by molar-refractivity contribution is -0.385. The summed E-state index contributed by atoms with van der Waals surface area (Å²) in [4.78, 5) is 26.8. The number of carbonyl (C=O) groups excluding carboxylic acids is 1. The fraction of sp³-hybridized carbons (Fsp3) is 0.208. The quantitative estimate of drug-likeness (QED) is 0.475. The van der Waals surface area contributed by atoms with Gasteiger partial charge in [-0.05, 0) is 29.8 Å². The number of ether oxygens (including phenoxy) is 1. The van der Waals surface area contributed by atoms with Crippen LogP contribution < -0.4 is 20.5 Å². The number of para-hydroxylation sites is 2. The average Bonchev–Trinajstić information content (AvgIpc) is 3.38. The van der Waals surface area contributed by atoms with Gasteiger partial charge >= 0.3 is 0 Å². The molecule has 4 unspecified atom stereocenters. The molecule has 0 aliphatic carbocycles. The molecule has 0 radical (unpaired) electrons. The largest absolute Gasteiger partial charge is 0.497 e. The van der Waals surface area contributed by atoms with E-state index in [-0.39, 0.29) is 28.5 Å². The van der Waals surface area contributed by atoms with E-state index in [1.54, 1.807) is 30.2 Å². The van der Waals surface area contributed by atoms with Gasteiger partial charge < -0.3 is 9.64 Å². The second-order valence-electron chi connectivity index (χ2n) is 7.90. The number of hydrogen-bond donors (Lipinski definition) is 2. The Kier molecular flexibility index (Phi) is 5.08. The van der Waals surface area contributed by atoms with E-state index >= 15 is 0 Å². The molecule has 2 N–H and O–H groups in total. The molecule has 8 nitrogen and oxygen atoms in total. The van der Waals surface area contributed by atoms with E-state index in [9.17, 15) is 14.9 Å². The first-order valence-corrected chi connectivity index (χ1v) is 10.4. The number of carbonyl (C=O) groups is 1. The highest BCUT2D eigenvalue weighted by Crippen LogP contribution is 2.50. The Balaban J connectivity index is 1.65. The summed E-state index contributed by atoms with van der Waals surface area (Å²) in [6.07, 6.45) is 0. The maximum Gasteiger partial charge on any atom is 0.274 e. The number of methoxy groups -OCH3 is 1. The smallest absolute Gasteiger partial charge is 0.274 e. The lowest BCUT2D eigenvalue weighted by Crippen LogP contribution is -2.41. The second kappa shape index (κ2) is 8.07. The van der Waals surface area contributed by atoms with E-state index in [1.807, 2.05) is 54.6 Å². The molecule has 1 amide bonds. The molecule has 0 aromatic heterocycles. The van der Waals surface area contributed by atoms with Gasteiger partial charge in [0, 0.05) is 17.7 Å². The highest BCUT2D eigenvalue weighted by Gasteiger charge is 2.57. The molecule has 0 spiro atoms. The van der Waals surface area contributed by atoms with Crippen molar-refractivity contribution in [1.82, 2.24) is 10.9 Å². The normalized spacial score (nSPS) is 24.4. The minimum atomic E-state index is -0.522. The molecule has 0 saturated carbocycles. The van der Waals surface area contributed by atoms with E-state index in [0.29, 0.717) is 11.3 Å². The summed E-state index contributed by atoms with van der Waals surface area (Å²) in [5, 5.41) is 11.9. The van der Waals surface area contributed by atoms with Crippen molar-refractivity contribution in [3.8, 4) is 5.75 Å². The van der Waals surface area contributed by atoms with Crippen molar-refractivity contribution >= 4 is 17.3 Å². The van der Waals surface area contributed by atoms with Crippen LogP contribution in [0.3, 0.4) is 0 Å². The van der Waals surface area contributed by atoms with Crippen molar-refractivity contribution in [3.63, 3.8) is 0 Å². The third-order valence-electron chi connectivity index (χ3n) is 6.27. The van der Waals surface area contributed by atoms with Crippen molar-refractivity contribution < 1.29 is 14.5 Å². The van der Waals surface area contributed by atoms with Gasteiger partial charge in [0.05, 0.1) is 29.7 Å². The lowest BCUT2D eigenvalue weighted by atomic mass is 9.83. The number of fused-ring (bicyclic) bond motifs is 1. The summed E-state index contributed by atoms with van der Waals surface area (Å²) in [7, 11) is 1.61. The van der Waals surface area contributed by atoms with Crippen LogP contribution in [0.15, 0.2) is 78.9 Å². The van der Waals surface area contributed by atoms with E-state index in [1.165, 1.54) is 6.07 Å². The van der Waals surface area contributed by atoms with Gasteiger partial charge in [0.2, 0.25) is 5.91 Å². The summed E-state index contributed by atoms with van der Waals surface area (Å²) in [5.74, 6) is 0.352. The van der Waals surface area contributed by atoms with Crippen LogP contribution in [0.2, 0.25) is 0 Å². The number of anilines is 1. The zero-order valence-electron chi connectivity index (χ0n) is 17.3. The molecule has 2 fully saturated rings. The van der Waals surface area contributed by atoms with Gasteiger partial charge in [0.1, 0.15) is 11.8 Å². The van der Waals surface area contributed by atoms with Crippen LogP contribution in [0, 0.1) is 16.0 Å². The summed E-state index contributed by atoms with van der Waals surface area (Å²) in [6.45, 7) is 0. The Bertz CT molecular complexity index is 1150. The monoisotopic (exact) mass is 430 g/mol. The Labute approximate surface area is 184 Å². The molecule has 2 saturated heterocycles. The zero-order valence-corrected chi connectivity index (χ0v) is 17.3. The first kappa shape index (κ1) is 20.2.